The van der Waals surface area contributed by atoms with Crippen LogP contribution in [0.15, 0.2) is 127 Å². The summed E-state index contributed by atoms with van der Waals surface area (Å²) in [4.78, 5) is 26.5. The van der Waals surface area contributed by atoms with Crippen LogP contribution in [-0.4, -0.2) is 53.1 Å². The number of benzene rings is 5. The van der Waals surface area contributed by atoms with E-state index in [2.05, 4.69) is 41.3 Å². The van der Waals surface area contributed by atoms with Gasteiger partial charge in [-0.2, -0.15) is 0 Å². The summed E-state index contributed by atoms with van der Waals surface area (Å²) in [6.07, 6.45) is 3.98. The molecule has 1 aliphatic rings. The van der Waals surface area contributed by atoms with Crippen LogP contribution in [0.3, 0.4) is 0 Å². The Hall–Kier alpha value is -4.75. The Balaban J connectivity index is 0.000000185. The molecule has 5 aromatic rings. The molecule has 0 amide bonds. The van der Waals surface area contributed by atoms with E-state index in [1.807, 2.05) is 48.5 Å². The van der Waals surface area contributed by atoms with Crippen molar-refractivity contribution in [2.75, 3.05) is 26.2 Å². The van der Waals surface area contributed by atoms with E-state index < -0.39 is 11.8 Å². The Kier molecular flexibility index (Phi) is 11.9. The molecule has 0 unspecified atom stereocenters. The highest BCUT2D eigenvalue weighted by atomic mass is 35.5. The number of rotatable bonds is 10. The number of carbonyl (C=O) groups excluding carboxylic acids is 1. The Morgan fingerprint density at radius 1 is 0.723 bits per heavy atom. The number of ketones is 1. The van der Waals surface area contributed by atoms with Crippen molar-refractivity contribution in [2.24, 2.45) is 0 Å². The molecule has 1 heterocycles. The largest absolute Gasteiger partial charge is 0.507 e. The smallest absolute Gasteiger partial charge is 0.336 e. The van der Waals surface area contributed by atoms with Crippen molar-refractivity contribution in [1.82, 2.24) is 4.90 Å². The van der Waals surface area contributed by atoms with Crippen LogP contribution in [0.4, 0.5) is 0 Å². The molecular weight excluding hydrogens is 610 g/mol. The average molecular weight is 648 g/mol. The average Bonchev–Trinajstić information content (AvgIpc) is 3.12. The Labute approximate surface area is 280 Å². The zero-order valence-corrected chi connectivity index (χ0v) is 26.9. The van der Waals surface area contributed by atoms with Crippen molar-refractivity contribution in [3.05, 3.63) is 160 Å². The third-order valence-corrected chi connectivity index (χ3v) is 8.41. The molecule has 5 aromatic carbocycles. The molecule has 6 nitrogen and oxygen atoms in total. The molecule has 0 spiro atoms. The highest BCUT2D eigenvalue weighted by Crippen LogP contribution is 2.31. The highest BCUT2D eigenvalue weighted by Gasteiger charge is 2.19. The number of nitrogens with zero attached hydrogens (tertiary/aromatic N) is 1. The molecule has 2 N–H and O–H groups in total. The van der Waals surface area contributed by atoms with Crippen LogP contribution in [0.2, 0.25) is 5.02 Å². The third-order valence-electron chi connectivity index (χ3n) is 8.16. The van der Waals surface area contributed by atoms with Gasteiger partial charge in [0.15, 0.2) is 5.78 Å². The minimum atomic E-state index is -1.15. The SMILES string of the molecule is Clc1ccc([C@@H](OCCN2CCCCC2)c2ccccc2)cc1.O=C(O)c1ccccc1C(=O)c1ccc(O)c(-c2ccccc2)c1. The van der Waals surface area contributed by atoms with Crippen LogP contribution >= 0.6 is 11.6 Å². The molecule has 0 saturated carbocycles. The fourth-order valence-corrected chi connectivity index (χ4v) is 5.81. The fourth-order valence-electron chi connectivity index (χ4n) is 5.68. The Bertz CT molecular complexity index is 1750. The van der Waals surface area contributed by atoms with Crippen molar-refractivity contribution in [2.45, 2.75) is 25.4 Å². The van der Waals surface area contributed by atoms with E-state index in [1.54, 1.807) is 18.2 Å². The van der Waals surface area contributed by atoms with E-state index in [0.717, 1.165) is 29.3 Å². The van der Waals surface area contributed by atoms with Crippen LogP contribution in [0, 0.1) is 0 Å². The van der Waals surface area contributed by atoms with Crippen molar-refractivity contribution in [3.8, 4) is 16.9 Å². The summed E-state index contributed by atoms with van der Waals surface area (Å²) in [5.41, 5.74) is 4.03. The van der Waals surface area contributed by atoms with Gasteiger partial charge in [-0.15, -0.1) is 0 Å². The summed E-state index contributed by atoms with van der Waals surface area (Å²) in [6.45, 7) is 4.18. The number of carboxylic acid groups (broad SMARTS) is 1. The summed E-state index contributed by atoms with van der Waals surface area (Å²) >= 11 is 6.02. The number of ether oxygens (including phenoxy) is 1. The third kappa shape index (κ3) is 9.17. The van der Waals surface area contributed by atoms with Gasteiger partial charge in [-0.05, 0) is 79.0 Å². The standard InChI is InChI=1S/C20H24ClNO.C20H14O4/c21-19-11-9-18(10-12-19)20(17-7-3-1-4-8-17)23-16-15-22-13-5-2-6-14-22;21-18-11-10-14(12-17(18)13-6-2-1-3-7-13)19(22)15-8-4-5-9-16(15)20(23)24/h1,3-4,7-12,20H,2,5-6,13-16H2;1-12,21H,(H,23,24)/t20-;/m0./s1. The number of aromatic carboxylic acids is 1. The Morgan fingerprint density at radius 3 is 1.98 bits per heavy atom. The van der Waals surface area contributed by atoms with Crippen LogP contribution < -0.4 is 0 Å². The van der Waals surface area contributed by atoms with E-state index in [9.17, 15) is 19.8 Å². The molecule has 0 radical (unpaired) electrons. The van der Waals surface area contributed by atoms with Crippen LogP contribution in [0.5, 0.6) is 5.75 Å². The molecule has 1 aliphatic heterocycles. The van der Waals surface area contributed by atoms with Gasteiger partial charge in [0.25, 0.3) is 0 Å². The first-order chi connectivity index (χ1) is 22.9. The second-order valence-electron chi connectivity index (χ2n) is 11.4. The van der Waals surface area contributed by atoms with Gasteiger partial charge in [0.1, 0.15) is 11.9 Å². The van der Waals surface area contributed by atoms with Gasteiger partial charge in [0, 0.05) is 28.3 Å². The summed E-state index contributed by atoms with van der Waals surface area (Å²) in [7, 11) is 0. The van der Waals surface area contributed by atoms with Gasteiger partial charge in [-0.25, -0.2) is 4.79 Å². The maximum Gasteiger partial charge on any atom is 0.336 e. The lowest BCUT2D eigenvalue weighted by Gasteiger charge is -2.27. The summed E-state index contributed by atoms with van der Waals surface area (Å²) in [6, 6.07) is 38.2. The second-order valence-corrected chi connectivity index (χ2v) is 11.8. The van der Waals surface area contributed by atoms with Gasteiger partial charge in [-0.1, -0.05) is 109 Å². The summed E-state index contributed by atoms with van der Waals surface area (Å²) in [5.74, 6) is -1.49. The van der Waals surface area contributed by atoms with Crippen molar-refractivity contribution in [3.63, 3.8) is 0 Å². The molecule has 0 aromatic heterocycles. The molecule has 47 heavy (non-hydrogen) atoms. The molecule has 1 atom stereocenters. The van der Waals surface area contributed by atoms with E-state index in [-0.39, 0.29) is 23.0 Å². The van der Waals surface area contributed by atoms with Crippen LogP contribution in [0.1, 0.15) is 62.8 Å². The zero-order valence-electron chi connectivity index (χ0n) is 26.1. The molecule has 1 fully saturated rings. The quantitative estimate of drug-likeness (QED) is 0.147. The Morgan fingerprint density at radius 2 is 1.32 bits per heavy atom. The predicted molar refractivity (Wildman–Crippen MR) is 186 cm³/mol. The number of carboxylic acids is 1. The predicted octanol–water partition coefficient (Wildman–Crippen LogP) is 8.92. The maximum atomic E-state index is 12.7. The molecule has 0 aliphatic carbocycles. The zero-order chi connectivity index (χ0) is 33.0. The lowest BCUT2D eigenvalue weighted by Crippen LogP contribution is -2.33. The number of phenols is 1. The normalized spacial score (nSPS) is 13.6. The first-order valence-electron chi connectivity index (χ1n) is 15.8. The van der Waals surface area contributed by atoms with E-state index >= 15 is 0 Å². The number of carbonyl (C=O) groups is 2. The van der Waals surface area contributed by atoms with Gasteiger partial charge in [0.2, 0.25) is 0 Å². The lowest BCUT2D eigenvalue weighted by molar-refractivity contribution is 0.0557. The second kappa shape index (κ2) is 16.7. The molecule has 240 valence electrons. The first kappa shape index (κ1) is 33.6. The van der Waals surface area contributed by atoms with Gasteiger partial charge in [0.05, 0.1) is 12.2 Å². The van der Waals surface area contributed by atoms with Gasteiger partial charge < -0.3 is 19.8 Å². The topological polar surface area (TPSA) is 87.1 Å². The molecule has 1 saturated heterocycles. The summed E-state index contributed by atoms with van der Waals surface area (Å²) in [5, 5.41) is 20.1. The number of phenolic OH excluding ortho intramolecular Hbond substituents is 1. The lowest BCUT2D eigenvalue weighted by atomic mass is 9.95. The molecular formula is C40H38ClNO5. The number of hydrogen-bond acceptors (Lipinski definition) is 5. The number of likely N-dealkylation sites (tertiary alicyclic amines) is 1. The fraction of sp³-hybridized carbons (Fsp3) is 0.200. The van der Waals surface area contributed by atoms with Crippen LogP contribution in [0.25, 0.3) is 11.1 Å². The van der Waals surface area contributed by atoms with E-state index in [0.29, 0.717) is 11.1 Å². The molecule has 0 bridgehead atoms. The summed E-state index contributed by atoms with van der Waals surface area (Å²) < 4.78 is 6.27. The monoisotopic (exact) mass is 647 g/mol. The van der Waals surface area contributed by atoms with Crippen molar-refractivity contribution >= 4 is 23.4 Å². The number of hydrogen-bond donors (Lipinski definition) is 2. The van der Waals surface area contributed by atoms with E-state index in [4.69, 9.17) is 16.3 Å². The number of piperidine rings is 1. The minimum absolute atomic E-state index is 0.0294. The molecule has 7 heteroatoms. The maximum absolute atomic E-state index is 12.7. The molecule has 6 rings (SSSR count). The van der Waals surface area contributed by atoms with E-state index in [1.165, 1.54) is 62.2 Å². The first-order valence-corrected chi connectivity index (χ1v) is 16.2. The van der Waals surface area contributed by atoms with Crippen molar-refractivity contribution in [1.29, 1.82) is 0 Å². The number of aromatic hydroxyl groups is 1. The van der Waals surface area contributed by atoms with Crippen LogP contribution in [-0.2, 0) is 4.74 Å². The minimum Gasteiger partial charge on any atom is -0.507 e. The number of halogens is 1. The highest BCUT2D eigenvalue weighted by molar-refractivity contribution is 6.30. The van der Waals surface area contributed by atoms with Gasteiger partial charge in [-0.3, -0.25) is 4.79 Å². The van der Waals surface area contributed by atoms with Crippen molar-refractivity contribution < 1.29 is 24.5 Å². The van der Waals surface area contributed by atoms with Gasteiger partial charge >= 0.3 is 5.97 Å².